The zero-order chi connectivity index (χ0) is 16.1. The summed E-state index contributed by atoms with van der Waals surface area (Å²) in [6.07, 6.45) is 1.69. The molecule has 0 bridgehead atoms. The van der Waals surface area contributed by atoms with Crippen molar-refractivity contribution in [1.29, 1.82) is 0 Å². The molecule has 8 nitrogen and oxygen atoms in total. The van der Waals surface area contributed by atoms with Gasteiger partial charge in [-0.05, 0) is 47.7 Å². The summed E-state index contributed by atoms with van der Waals surface area (Å²) >= 11 is 0. The van der Waals surface area contributed by atoms with Crippen LogP contribution in [0.5, 0.6) is 0 Å². The maximum absolute atomic E-state index is 12.0. The van der Waals surface area contributed by atoms with Crippen LogP contribution in [0.1, 0.15) is 11.5 Å². The number of rotatable bonds is 4. The monoisotopic (exact) mass is 309 g/mol. The molecule has 3 rings (SSSR count). The average molecular weight is 309 g/mol. The summed E-state index contributed by atoms with van der Waals surface area (Å²) in [4.78, 5) is 16.1. The molecule has 2 amide bonds. The van der Waals surface area contributed by atoms with Gasteiger partial charge in [0.15, 0.2) is 5.82 Å². The van der Waals surface area contributed by atoms with Crippen molar-refractivity contribution in [3.63, 3.8) is 0 Å². The molecule has 0 fully saturated rings. The maximum atomic E-state index is 12.0. The first-order chi connectivity index (χ1) is 11.2. The first-order valence-electron chi connectivity index (χ1n) is 7.02. The molecule has 0 atom stereocenters. The van der Waals surface area contributed by atoms with E-state index in [0.717, 1.165) is 11.4 Å². The second kappa shape index (κ2) is 6.65. The Morgan fingerprint density at radius 3 is 2.87 bits per heavy atom. The molecule has 2 N–H and O–H groups in total. The number of hydrogen-bond donors (Lipinski definition) is 2. The van der Waals surface area contributed by atoms with Crippen LogP contribution in [0, 0.1) is 6.92 Å². The van der Waals surface area contributed by atoms with Crippen molar-refractivity contribution in [2.45, 2.75) is 13.5 Å². The molecule has 2 heterocycles. The highest BCUT2D eigenvalue weighted by atomic mass is 16.2. The van der Waals surface area contributed by atoms with Gasteiger partial charge >= 0.3 is 6.03 Å². The summed E-state index contributed by atoms with van der Waals surface area (Å²) in [5.74, 6) is 0.668. The molecule has 0 aliphatic heterocycles. The van der Waals surface area contributed by atoms with Crippen LogP contribution in [0.15, 0.2) is 48.7 Å². The van der Waals surface area contributed by atoms with Gasteiger partial charge in [0.1, 0.15) is 0 Å². The van der Waals surface area contributed by atoms with Crippen molar-refractivity contribution in [3.05, 3.63) is 60.2 Å². The SMILES string of the molecule is Cc1nnnn1-c1cccc(NC(=O)NCc2ccccn2)c1. The van der Waals surface area contributed by atoms with E-state index in [4.69, 9.17) is 0 Å². The van der Waals surface area contributed by atoms with Crippen molar-refractivity contribution < 1.29 is 4.79 Å². The van der Waals surface area contributed by atoms with Gasteiger partial charge in [0.2, 0.25) is 0 Å². The van der Waals surface area contributed by atoms with E-state index < -0.39 is 0 Å². The van der Waals surface area contributed by atoms with Gasteiger partial charge < -0.3 is 10.6 Å². The van der Waals surface area contributed by atoms with Gasteiger partial charge in [-0.1, -0.05) is 12.1 Å². The van der Waals surface area contributed by atoms with Gasteiger partial charge in [0.25, 0.3) is 0 Å². The summed E-state index contributed by atoms with van der Waals surface area (Å²) < 4.78 is 1.59. The summed E-state index contributed by atoms with van der Waals surface area (Å²) in [5, 5.41) is 16.9. The van der Waals surface area contributed by atoms with Crippen LogP contribution in [-0.4, -0.2) is 31.2 Å². The van der Waals surface area contributed by atoms with Gasteiger partial charge in [-0.2, -0.15) is 4.68 Å². The van der Waals surface area contributed by atoms with Crippen molar-refractivity contribution in [2.24, 2.45) is 0 Å². The Kier molecular flexibility index (Phi) is 4.23. The Morgan fingerprint density at radius 1 is 1.22 bits per heavy atom. The van der Waals surface area contributed by atoms with Crippen molar-refractivity contribution >= 4 is 11.7 Å². The normalized spacial score (nSPS) is 10.3. The minimum absolute atomic E-state index is 0.304. The molecule has 116 valence electrons. The molecule has 0 saturated carbocycles. The Balaban J connectivity index is 1.64. The van der Waals surface area contributed by atoms with Crippen LogP contribution in [0.2, 0.25) is 0 Å². The number of benzene rings is 1. The Hall–Kier alpha value is -3.29. The number of anilines is 1. The largest absolute Gasteiger partial charge is 0.332 e. The average Bonchev–Trinajstić information content (AvgIpc) is 3.00. The number of amides is 2. The smallest absolute Gasteiger partial charge is 0.319 e. The van der Waals surface area contributed by atoms with Gasteiger partial charge in [-0.15, -0.1) is 5.10 Å². The molecule has 2 aromatic heterocycles. The number of carbonyl (C=O) groups is 1. The number of nitrogens with one attached hydrogen (secondary N) is 2. The van der Waals surface area contributed by atoms with Gasteiger partial charge in [-0.3, -0.25) is 4.98 Å². The molecule has 0 spiro atoms. The molecule has 0 radical (unpaired) electrons. The van der Waals surface area contributed by atoms with Gasteiger partial charge in [-0.25, -0.2) is 4.79 Å². The number of aromatic nitrogens is 5. The number of urea groups is 1. The molecule has 1 aromatic carbocycles. The van der Waals surface area contributed by atoms with E-state index >= 15 is 0 Å². The van der Waals surface area contributed by atoms with Crippen LogP contribution in [0.4, 0.5) is 10.5 Å². The number of tetrazole rings is 1. The molecular formula is C15H15N7O. The fourth-order valence-corrected chi connectivity index (χ4v) is 2.03. The third-order valence-corrected chi connectivity index (χ3v) is 3.13. The number of carbonyl (C=O) groups excluding carboxylic acids is 1. The zero-order valence-electron chi connectivity index (χ0n) is 12.5. The first kappa shape index (κ1) is 14.6. The third-order valence-electron chi connectivity index (χ3n) is 3.13. The van der Waals surface area contributed by atoms with Crippen molar-refractivity contribution in [3.8, 4) is 5.69 Å². The topological polar surface area (TPSA) is 97.6 Å². The van der Waals surface area contributed by atoms with E-state index in [-0.39, 0.29) is 6.03 Å². The summed E-state index contributed by atoms with van der Waals surface area (Å²) in [6, 6.07) is 12.5. The minimum Gasteiger partial charge on any atom is -0.332 e. The lowest BCUT2D eigenvalue weighted by Crippen LogP contribution is -2.28. The lowest BCUT2D eigenvalue weighted by Gasteiger charge is -2.09. The Bertz CT molecular complexity index is 800. The van der Waals surface area contributed by atoms with Crippen LogP contribution in [0.25, 0.3) is 5.69 Å². The molecule has 0 saturated heterocycles. The highest BCUT2D eigenvalue weighted by Gasteiger charge is 2.06. The Morgan fingerprint density at radius 2 is 2.13 bits per heavy atom. The molecule has 0 unspecified atom stereocenters. The summed E-state index contributed by atoms with van der Waals surface area (Å²) in [5.41, 5.74) is 2.21. The van der Waals surface area contributed by atoms with Gasteiger partial charge in [0.05, 0.1) is 17.9 Å². The summed E-state index contributed by atoms with van der Waals surface area (Å²) in [6.45, 7) is 2.16. The number of nitrogens with zero attached hydrogens (tertiary/aromatic N) is 5. The molecule has 0 aliphatic carbocycles. The predicted octanol–water partition coefficient (Wildman–Crippen LogP) is 1.69. The standard InChI is InChI=1S/C15H15N7O/c1-11-19-20-21-22(11)14-7-4-6-12(9-14)18-15(23)17-10-13-5-2-3-8-16-13/h2-9H,10H2,1H3,(H2,17,18,23). The molecule has 23 heavy (non-hydrogen) atoms. The Labute approximate surface area is 132 Å². The fourth-order valence-electron chi connectivity index (χ4n) is 2.03. The van der Waals surface area contributed by atoms with E-state index in [1.54, 1.807) is 29.9 Å². The quantitative estimate of drug-likeness (QED) is 0.764. The highest BCUT2D eigenvalue weighted by molar-refractivity contribution is 5.89. The molecule has 0 aliphatic rings. The minimum atomic E-state index is -0.304. The lowest BCUT2D eigenvalue weighted by molar-refractivity contribution is 0.251. The zero-order valence-corrected chi connectivity index (χ0v) is 12.5. The molecule has 3 aromatic rings. The molecule has 8 heteroatoms. The third kappa shape index (κ3) is 3.67. The van der Waals surface area contributed by atoms with Crippen LogP contribution in [-0.2, 0) is 6.54 Å². The lowest BCUT2D eigenvalue weighted by atomic mass is 10.3. The summed E-state index contributed by atoms with van der Waals surface area (Å²) in [7, 11) is 0. The van der Waals surface area contributed by atoms with Crippen LogP contribution >= 0.6 is 0 Å². The van der Waals surface area contributed by atoms with E-state index in [9.17, 15) is 4.79 Å². The van der Waals surface area contributed by atoms with E-state index in [0.29, 0.717) is 18.1 Å². The maximum Gasteiger partial charge on any atom is 0.319 e. The number of hydrogen-bond acceptors (Lipinski definition) is 5. The highest BCUT2D eigenvalue weighted by Crippen LogP contribution is 2.14. The van der Waals surface area contributed by atoms with E-state index in [1.807, 2.05) is 30.3 Å². The van der Waals surface area contributed by atoms with Crippen LogP contribution in [0.3, 0.4) is 0 Å². The van der Waals surface area contributed by atoms with E-state index in [1.165, 1.54) is 0 Å². The molecular weight excluding hydrogens is 294 g/mol. The number of pyridine rings is 1. The number of aryl methyl sites for hydroxylation is 1. The second-order valence-electron chi connectivity index (χ2n) is 4.82. The fraction of sp³-hybridized carbons (Fsp3) is 0.133. The van der Waals surface area contributed by atoms with Crippen molar-refractivity contribution in [2.75, 3.05) is 5.32 Å². The predicted molar refractivity (Wildman–Crippen MR) is 84.0 cm³/mol. The van der Waals surface area contributed by atoms with Crippen LogP contribution < -0.4 is 10.6 Å². The van der Waals surface area contributed by atoms with Gasteiger partial charge in [0, 0.05) is 11.9 Å². The first-order valence-corrected chi connectivity index (χ1v) is 7.02. The second-order valence-corrected chi connectivity index (χ2v) is 4.82. The van der Waals surface area contributed by atoms with Crippen molar-refractivity contribution in [1.82, 2.24) is 30.5 Å². The van der Waals surface area contributed by atoms with E-state index in [2.05, 4.69) is 31.1 Å².